The summed E-state index contributed by atoms with van der Waals surface area (Å²) >= 11 is 0. The molecule has 0 spiro atoms. The largest absolute Gasteiger partial charge is 0.368 e. The minimum atomic E-state index is -2.63. The van der Waals surface area contributed by atoms with Gasteiger partial charge in [-0.25, -0.2) is 22.5 Å². The third-order valence-electron chi connectivity index (χ3n) is 1.90. The van der Waals surface area contributed by atoms with E-state index in [1.807, 2.05) is 6.92 Å². The highest BCUT2D eigenvalue weighted by molar-refractivity contribution is 5.47. The predicted octanol–water partition coefficient (Wildman–Crippen LogP) is 2.86. The number of hydrogen-bond acceptors (Lipinski definition) is 3. The van der Waals surface area contributed by atoms with Crippen molar-refractivity contribution in [3.05, 3.63) is 17.7 Å². The Balaban J connectivity index is 2.81. The normalized spacial score (nSPS) is 10.7. The number of hydrogen-bond donors (Lipinski definition) is 2. The Hall–Kier alpha value is -1.53. The summed E-state index contributed by atoms with van der Waals surface area (Å²) in [6, 6.07) is 0.610. The molecule has 0 amide bonds. The van der Waals surface area contributed by atoms with Crippen LogP contribution in [-0.2, 0) is 0 Å². The number of nitrogens with one attached hydrogen (secondary N) is 2. The number of anilines is 2. The first-order valence-electron chi connectivity index (χ1n) is 5.16. The maximum absolute atomic E-state index is 13.2. The Labute approximate surface area is 96.2 Å². The Bertz CT molecular complexity index is 371. The minimum Gasteiger partial charge on any atom is -0.368 e. The number of alkyl halides is 2. The van der Waals surface area contributed by atoms with Crippen molar-refractivity contribution >= 4 is 11.6 Å². The molecule has 2 N–H and O–H groups in total. The van der Waals surface area contributed by atoms with E-state index in [-0.39, 0.29) is 11.6 Å². The van der Waals surface area contributed by atoms with Gasteiger partial charge in [-0.3, -0.25) is 0 Å². The highest BCUT2D eigenvalue weighted by atomic mass is 19.3. The quantitative estimate of drug-likeness (QED) is 0.763. The lowest BCUT2D eigenvalue weighted by molar-refractivity contribution is 0.163. The van der Waals surface area contributed by atoms with Crippen LogP contribution in [0.4, 0.5) is 29.2 Å². The van der Waals surface area contributed by atoms with Gasteiger partial charge >= 0.3 is 0 Å². The van der Waals surface area contributed by atoms with Gasteiger partial charge < -0.3 is 10.6 Å². The monoisotopic (exact) mass is 251 g/mol. The zero-order valence-corrected chi connectivity index (χ0v) is 9.24. The van der Waals surface area contributed by atoms with Crippen molar-refractivity contribution in [2.75, 3.05) is 23.7 Å². The first kappa shape index (κ1) is 13.5. The number of halogens is 4. The van der Waals surface area contributed by atoms with Crippen LogP contribution in [0.1, 0.15) is 13.3 Å². The summed E-state index contributed by atoms with van der Waals surface area (Å²) in [4.78, 5) is 3.58. The molecule has 0 saturated carbocycles. The number of nitrogens with zero attached hydrogens (tertiary/aromatic N) is 1. The van der Waals surface area contributed by atoms with Crippen molar-refractivity contribution in [2.45, 2.75) is 19.8 Å². The van der Waals surface area contributed by atoms with Gasteiger partial charge in [0, 0.05) is 12.6 Å². The van der Waals surface area contributed by atoms with Gasteiger partial charge in [0.25, 0.3) is 6.43 Å². The smallest absolute Gasteiger partial charge is 0.255 e. The molecule has 1 rings (SSSR count). The lowest BCUT2D eigenvalue weighted by atomic mass is 10.3. The van der Waals surface area contributed by atoms with E-state index in [2.05, 4.69) is 15.6 Å². The number of aromatic nitrogens is 1. The van der Waals surface area contributed by atoms with Crippen LogP contribution in [0.3, 0.4) is 0 Å². The van der Waals surface area contributed by atoms with Crippen LogP contribution < -0.4 is 10.6 Å². The van der Waals surface area contributed by atoms with Gasteiger partial charge in [0.05, 0.1) is 6.54 Å². The van der Waals surface area contributed by atoms with Crippen molar-refractivity contribution in [3.63, 3.8) is 0 Å². The topological polar surface area (TPSA) is 37.0 Å². The van der Waals surface area contributed by atoms with E-state index < -0.39 is 24.6 Å². The maximum Gasteiger partial charge on any atom is 0.255 e. The molecule has 0 aliphatic rings. The number of rotatable bonds is 6. The average molecular weight is 251 g/mol. The van der Waals surface area contributed by atoms with E-state index in [9.17, 15) is 17.6 Å². The SMILES string of the molecule is CCCNc1nc(NCC(F)F)c(F)cc1F. The van der Waals surface area contributed by atoms with Crippen LogP contribution in [0.5, 0.6) is 0 Å². The van der Waals surface area contributed by atoms with E-state index in [0.717, 1.165) is 6.42 Å². The predicted molar refractivity (Wildman–Crippen MR) is 57.4 cm³/mol. The maximum atomic E-state index is 13.2. The highest BCUT2D eigenvalue weighted by Gasteiger charge is 2.12. The summed E-state index contributed by atoms with van der Waals surface area (Å²) in [5, 5.41) is 4.75. The third kappa shape index (κ3) is 4.08. The summed E-state index contributed by atoms with van der Waals surface area (Å²) in [6.45, 7) is 1.59. The molecule has 1 aromatic rings. The first-order valence-corrected chi connectivity index (χ1v) is 5.16. The zero-order chi connectivity index (χ0) is 12.8. The van der Waals surface area contributed by atoms with Gasteiger partial charge in [-0.1, -0.05) is 6.92 Å². The van der Waals surface area contributed by atoms with Crippen molar-refractivity contribution < 1.29 is 17.6 Å². The van der Waals surface area contributed by atoms with Gasteiger partial charge in [-0.15, -0.1) is 0 Å². The molecule has 7 heteroatoms. The third-order valence-corrected chi connectivity index (χ3v) is 1.90. The van der Waals surface area contributed by atoms with E-state index >= 15 is 0 Å². The van der Waals surface area contributed by atoms with Crippen molar-refractivity contribution in [1.29, 1.82) is 0 Å². The second kappa shape index (κ2) is 6.27. The van der Waals surface area contributed by atoms with E-state index in [0.29, 0.717) is 12.6 Å². The standard InChI is InChI=1S/C10H13F4N3/c1-2-3-15-9-6(11)4-7(12)10(17-9)16-5-8(13)14/h4,8H,2-3,5H2,1H3,(H2,15,16,17). The summed E-state index contributed by atoms with van der Waals surface area (Å²) in [5.74, 6) is -2.38. The molecule has 0 aliphatic carbocycles. The van der Waals surface area contributed by atoms with Crippen molar-refractivity contribution in [3.8, 4) is 0 Å². The summed E-state index contributed by atoms with van der Waals surface area (Å²) in [7, 11) is 0. The van der Waals surface area contributed by atoms with Crippen LogP contribution in [0.2, 0.25) is 0 Å². The lowest BCUT2D eigenvalue weighted by Gasteiger charge is -2.10. The summed E-state index contributed by atoms with van der Waals surface area (Å²) in [6.07, 6.45) is -1.90. The molecule has 3 nitrogen and oxygen atoms in total. The van der Waals surface area contributed by atoms with E-state index in [1.54, 1.807) is 0 Å². The summed E-state index contributed by atoms with van der Waals surface area (Å²) in [5.41, 5.74) is 0. The Morgan fingerprint density at radius 2 is 1.76 bits per heavy atom. The molecule has 1 heterocycles. The van der Waals surface area contributed by atoms with Crippen LogP contribution in [0, 0.1) is 11.6 Å². The second-order valence-corrected chi connectivity index (χ2v) is 3.35. The van der Waals surface area contributed by atoms with E-state index in [1.165, 1.54) is 0 Å². The molecule has 1 aromatic heterocycles. The molecule has 0 aliphatic heterocycles. The first-order chi connectivity index (χ1) is 8.04. The van der Waals surface area contributed by atoms with Gasteiger partial charge in [0.15, 0.2) is 23.3 Å². The molecule has 0 unspecified atom stereocenters. The lowest BCUT2D eigenvalue weighted by Crippen LogP contribution is -2.14. The molecule has 0 bridgehead atoms. The molecule has 17 heavy (non-hydrogen) atoms. The van der Waals surface area contributed by atoms with Crippen molar-refractivity contribution in [2.24, 2.45) is 0 Å². The molecular weight excluding hydrogens is 238 g/mol. The molecular formula is C10H13F4N3. The molecule has 0 aromatic carbocycles. The van der Waals surface area contributed by atoms with Crippen LogP contribution >= 0.6 is 0 Å². The Morgan fingerprint density at radius 1 is 1.18 bits per heavy atom. The van der Waals surface area contributed by atoms with Gasteiger partial charge in [0.1, 0.15) is 0 Å². The molecule has 0 fully saturated rings. The second-order valence-electron chi connectivity index (χ2n) is 3.35. The molecule has 0 saturated heterocycles. The Morgan fingerprint density at radius 3 is 2.29 bits per heavy atom. The van der Waals surface area contributed by atoms with Crippen molar-refractivity contribution in [1.82, 2.24) is 4.98 Å². The van der Waals surface area contributed by atoms with Gasteiger partial charge in [-0.2, -0.15) is 0 Å². The zero-order valence-electron chi connectivity index (χ0n) is 9.24. The van der Waals surface area contributed by atoms with E-state index in [4.69, 9.17) is 0 Å². The minimum absolute atomic E-state index is 0.148. The molecule has 96 valence electrons. The van der Waals surface area contributed by atoms with Crippen LogP contribution in [0.15, 0.2) is 6.07 Å². The molecule has 0 atom stereocenters. The Kier molecular flexibility index (Phi) is 4.99. The summed E-state index contributed by atoms with van der Waals surface area (Å²) < 4.78 is 50.2. The average Bonchev–Trinajstić information content (AvgIpc) is 2.26. The highest BCUT2D eigenvalue weighted by Crippen LogP contribution is 2.19. The molecule has 0 radical (unpaired) electrons. The van der Waals surface area contributed by atoms with Crippen LogP contribution in [-0.4, -0.2) is 24.5 Å². The fraction of sp³-hybridized carbons (Fsp3) is 0.500. The fourth-order valence-corrected chi connectivity index (χ4v) is 1.13. The van der Waals surface area contributed by atoms with Gasteiger partial charge in [-0.05, 0) is 6.42 Å². The van der Waals surface area contributed by atoms with Gasteiger partial charge in [0.2, 0.25) is 0 Å². The van der Waals surface area contributed by atoms with Crippen LogP contribution in [0.25, 0.3) is 0 Å². The number of pyridine rings is 1. The fourth-order valence-electron chi connectivity index (χ4n) is 1.13.